The Morgan fingerprint density at radius 2 is 1.88 bits per heavy atom. The maximum Gasteiger partial charge on any atom is 0.241 e. The van der Waals surface area contributed by atoms with Crippen molar-refractivity contribution in [2.75, 3.05) is 13.1 Å². The molecule has 1 saturated heterocycles. The van der Waals surface area contributed by atoms with Crippen LogP contribution in [0.4, 0.5) is 0 Å². The molecule has 0 spiro atoms. The Morgan fingerprint density at radius 3 is 2.35 bits per heavy atom. The molecule has 1 amide bonds. The Morgan fingerprint density at radius 1 is 1.31 bits per heavy atom. The van der Waals surface area contributed by atoms with Crippen molar-refractivity contribution in [1.29, 1.82) is 0 Å². The highest BCUT2D eigenvalue weighted by atomic mass is 35.5. The number of likely N-dealkylation sites (tertiary alicyclic amines) is 1. The average Bonchev–Trinajstić information content (AvgIpc) is 2.93. The van der Waals surface area contributed by atoms with Crippen molar-refractivity contribution in [1.82, 2.24) is 9.62 Å². The summed E-state index contributed by atoms with van der Waals surface area (Å²) >= 11 is 0. The van der Waals surface area contributed by atoms with Gasteiger partial charge >= 0.3 is 0 Å². The van der Waals surface area contributed by atoms with Crippen molar-refractivity contribution in [3.63, 3.8) is 0 Å². The van der Waals surface area contributed by atoms with Crippen LogP contribution in [0.25, 0.3) is 0 Å². The minimum atomic E-state index is -3.75. The van der Waals surface area contributed by atoms with Crippen molar-refractivity contribution in [2.45, 2.75) is 51.1 Å². The van der Waals surface area contributed by atoms with Gasteiger partial charge in [0.2, 0.25) is 15.9 Å². The zero-order chi connectivity index (χ0) is 18.8. The molecule has 26 heavy (non-hydrogen) atoms. The summed E-state index contributed by atoms with van der Waals surface area (Å²) in [4.78, 5) is 14.9. The molecule has 1 fully saturated rings. The van der Waals surface area contributed by atoms with Crippen LogP contribution in [0.15, 0.2) is 29.2 Å². The highest BCUT2D eigenvalue weighted by Gasteiger charge is 2.37. The largest absolute Gasteiger partial charge is 0.338 e. The fraction of sp³-hybridized carbons (Fsp3) is 0.611. The molecule has 1 aromatic carbocycles. The molecule has 1 aliphatic heterocycles. The molecule has 3 unspecified atom stereocenters. The van der Waals surface area contributed by atoms with Crippen molar-refractivity contribution in [2.24, 2.45) is 17.6 Å². The molecule has 1 aromatic rings. The summed E-state index contributed by atoms with van der Waals surface area (Å²) in [5.74, 6) is -0.0496. The second-order valence-corrected chi connectivity index (χ2v) is 9.05. The third-order valence-electron chi connectivity index (χ3n) is 4.82. The van der Waals surface area contributed by atoms with Crippen LogP contribution in [0.3, 0.4) is 0 Å². The third-order valence-corrected chi connectivity index (χ3v) is 6.28. The van der Waals surface area contributed by atoms with Gasteiger partial charge in [-0.15, -0.1) is 12.4 Å². The van der Waals surface area contributed by atoms with Gasteiger partial charge in [0.1, 0.15) is 6.04 Å². The van der Waals surface area contributed by atoms with E-state index < -0.39 is 16.1 Å². The Labute approximate surface area is 163 Å². The van der Waals surface area contributed by atoms with Gasteiger partial charge in [-0.3, -0.25) is 4.79 Å². The molecule has 3 N–H and O–H groups in total. The normalized spacial score (nSPS) is 21.5. The van der Waals surface area contributed by atoms with Gasteiger partial charge in [0.05, 0.1) is 4.90 Å². The second-order valence-electron chi connectivity index (χ2n) is 7.33. The number of aryl methyl sites for hydroxylation is 1. The van der Waals surface area contributed by atoms with E-state index in [4.69, 9.17) is 5.73 Å². The van der Waals surface area contributed by atoms with Gasteiger partial charge in [0.15, 0.2) is 0 Å². The number of carbonyl (C=O) groups excluding carboxylic acids is 1. The predicted octanol–water partition coefficient (Wildman–Crippen LogP) is 1.92. The van der Waals surface area contributed by atoms with E-state index in [9.17, 15) is 13.2 Å². The molecule has 6 nitrogen and oxygen atoms in total. The van der Waals surface area contributed by atoms with Crippen molar-refractivity contribution >= 4 is 28.3 Å². The van der Waals surface area contributed by atoms with Crippen LogP contribution in [0.5, 0.6) is 0 Å². The van der Waals surface area contributed by atoms with Gasteiger partial charge in [0, 0.05) is 12.6 Å². The molecule has 2 rings (SSSR count). The van der Waals surface area contributed by atoms with Crippen LogP contribution in [0.2, 0.25) is 0 Å². The molecule has 3 atom stereocenters. The number of nitrogens with one attached hydrogen (secondary N) is 1. The number of rotatable bonds is 6. The Kier molecular flexibility index (Phi) is 8.07. The van der Waals surface area contributed by atoms with Gasteiger partial charge in [-0.25, -0.2) is 8.42 Å². The smallest absolute Gasteiger partial charge is 0.241 e. The van der Waals surface area contributed by atoms with Crippen LogP contribution >= 0.6 is 12.4 Å². The molecule has 0 bridgehead atoms. The molecule has 0 radical (unpaired) electrons. The quantitative estimate of drug-likeness (QED) is 0.758. The summed E-state index contributed by atoms with van der Waals surface area (Å²) < 4.78 is 28.0. The van der Waals surface area contributed by atoms with Crippen molar-refractivity contribution in [3.8, 4) is 0 Å². The number of halogens is 1. The number of benzene rings is 1. The van der Waals surface area contributed by atoms with Crippen LogP contribution in [0, 0.1) is 18.8 Å². The molecule has 1 aliphatic rings. The van der Waals surface area contributed by atoms with E-state index in [2.05, 4.69) is 4.72 Å². The number of sulfonamides is 1. The van der Waals surface area contributed by atoms with Gasteiger partial charge in [-0.1, -0.05) is 31.5 Å². The summed E-state index contributed by atoms with van der Waals surface area (Å²) in [5, 5.41) is 0. The monoisotopic (exact) mass is 403 g/mol. The molecule has 0 saturated carbocycles. The summed E-state index contributed by atoms with van der Waals surface area (Å²) in [5.41, 5.74) is 6.72. The SMILES string of the molecule is Cc1ccc(S(=O)(=O)NC(C(=O)N2CC(CN)CC2C)C(C)C)cc1.Cl. The summed E-state index contributed by atoms with van der Waals surface area (Å²) in [6, 6.07) is 5.89. The van der Waals surface area contributed by atoms with Gasteiger partial charge in [0.25, 0.3) is 0 Å². The zero-order valence-corrected chi connectivity index (χ0v) is 17.4. The summed E-state index contributed by atoms with van der Waals surface area (Å²) in [6.45, 7) is 8.70. The third kappa shape index (κ3) is 5.19. The molecular weight excluding hydrogens is 374 g/mol. The van der Waals surface area contributed by atoms with Gasteiger partial charge in [-0.05, 0) is 50.8 Å². The summed E-state index contributed by atoms with van der Waals surface area (Å²) in [6.07, 6.45) is 0.859. The highest BCUT2D eigenvalue weighted by Crippen LogP contribution is 2.24. The number of nitrogens with two attached hydrogens (primary N) is 1. The topological polar surface area (TPSA) is 92.5 Å². The first-order valence-corrected chi connectivity index (χ1v) is 10.2. The Hall–Kier alpha value is -1.15. The fourth-order valence-electron chi connectivity index (χ4n) is 3.22. The average molecular weight is 404 g/mol. The zero-order valence-electron chi connectivity index (χ0n) is 15.8. The van der Waals surface area contributed by atoms with Crippen LogP contribution in [-0.4, -0.2) is 44.4 Å². The first-order chi connectivity index (χ1) is 11.7. The van der Waals surface area contributed by atoms with E-state index in [1.165, 1.54) is 0 Å². The lowest BCUT2D eigenvalue weighted by Crippen LogP contribution is -2.52. The number of nitrogens with zero attached hydrogens (tertiary/aromatic N) is 1. The molecule has 1 heterocycles. The lowest BCUT2D eigenvalue weighted by molar-refractivity contribution is -0.134. The van der Waals surface area contributed by atoms with E-state index in [-0.39, 0.29) is 41.1 Å². The van der Waals surface area contributed by atoms with E-state index in [0.29, 0.717) is 13.1 Å². The van der Waals surface area contributed by atoms with E-state index in [0.717, 1.165) is 12.0 Å². The Bertz CT molecular complexity index is 707. The van der Waals surface area contributed by atoms with Crippen LogP contribution in [0.1, 0.15) is 32.8 Å². The van der Waals surface area contributed by atoms with E-state index >= 15 is 0 Å². The van der Waals surface area contributed by atoms with E-state index in [1.54, 1.807) is 29.2 Å². The lowest BCUT2D eigenvalue weighted by Gasteiger charge is -2.29. The minimum absolute atomic E-state index is 0. The summed E-state index contributed by atoms with van der Waals surface area (Å²) in [7, 11) is -3.75. The highest BCUT2D eigenvalue weighted by molar-refractivity contribution is 7.89. The lowest BCUT2D eigenvalue weighted by atomic mass is 10.0. The molecule has 8 heteroatoms. The molecule has 148 valence electrons. The molecule has 0 aromatic heterocycles. The Balaban J connectivity index is 0.00000338. The standard InChI is InChI=1S/C18H29N3O3S.ClH/c1-12(2)17(18(22)21-11-15(10-19)9-14(21)4)20-25(23,24)16-7-5-13(3)6-8-16;/h5-8,12,14-15,17,20H,9-11,19H2,1-4H3;1H. The minimum Gasteiger partial charge on any atom is -0.338 e. The van der Waals surface area contributed by atoms with Crippen LogP contribution in [-0.2, 0) is 14.8 Å². The number of carbonyl (C=O) groups is 1. The van der Waals surface area contributed by atoms with Gasteiger partial charge in [-0.2, -0.15) is 4.72 Å². The number of amides is 1. The number of hydrogen-bond acceptors (Lipinski definition) is 4. The fourth-order valence-corrected chi connectivity index (χ4v) is 4.56. The molecule has 0 aliphatic carbocycles. The first-order valence-electron chi connectivity index (χ1n) is 8.75. The van der Waals surface area contributed by atoms with Crippen molar-refractivity contribution in [3.05, 3.63) is 29.8 Å². The number of hydrogen-bond donors (Lipinski definition) is 2. The van der Waals surface area contributed by atoms with E-state index in [1.807, 2.05) is 27.7 Å². The molecular formula is C18H30ClN3O3S. The first kappa shape index (κ1) is 22.9. The second kappa shape index (κ2) is 9.17. The predicted molar refractivity (Wildman–Crippen MR) is 106 cm³/mol. The maximum absolute atomic E-state index is 13.0. The van der Waals surface area contributed by atoms with Crippen LogP contribution < -0.4 is 10.5 Å². The van der Waals surface area contributed by atoms with Gasteiger partial charge < -0.3 is 10.6 Å². The maximum atomic E-state index is 13.0. The van der Waals surface area contributed by atoms with Crippen molar-refractivity contribution < 1.29 is 13.2 Å².